The first-order chi connectivity index (χ1) is 9.40. The molecule has 0 aromatic heterocycles. The third-order valence-electron chi connectivity index (χ3n) is 2.52. The van der Waals surface area contributed by atoms with E-state index in [0.717, 1.165) is 6.42 Å². The molecule has 20 heavy (non-hydrogen) atoms. The highest BCUT2D eigenvalue weighted by Crippen LogP contribution is 2.38. The van der Waals surface area contributed by atoms with E-state index in [1.165, 1.54) is 18.2 Å². The molecular weight excluding hydrogens is 273 g/mol. The van der Waals surface area contributed by atoms with Gasteiger partial charge in [-0.1, -0.05) is 13.8 Å². The van der Waals surface area contributed by atoms with Crippen LogP contribution in [0.25, 0.3) is 0 Å². The number of halogens is 3. The van der Waals surface area contributed by atoms with Gasteiger partial charge in [0.05, 0.1) is 13.2 Å². The number of alkyl halides is 3. The molecule has 0 bridgehead atoms. The second kappa shape index (κ2) is 7.38. The number of benzene rings is 1. The van der Waals surface area contributed by atoms with Gasteiger partial charge in [-0.25, -0.2) is 0 Å². The molecule has 6 heteroatoms. The molecule has 0 amide bonds. The van der Waals surface area contributed by atoms with Gasteiger partial charge in [-0.05, 0) is 31.0 Å². The van der Waals surface area contributed by atoms with Crippen LogP contribution in [0.2, 0.25) is 0 Å². The highest BCUT2D eigenvalue weighted by molar-refractivity contribution is 5.42. The third-order valence-corrected chi connectivity index (χ3v) is 2.52. The van der Waals surface area contributed by atoms with Crippen LogP contribution in [0.1, 0.15) is 38.4 Å². The van der Waals surface area contributed by atoms with Crippen molar-refractivity contribution in [2.45, 2.75) is 39.0 Å². The van der Waals surface area contributed by atoms with Gasteiger partial charge >= 0.3 is 6.18 Å². The largest absolute Gasteiger partial charge is 0.494 e. The zero-order valence-corrected chi connectivity index (χ0v) is 11.5. The molecule has 0 heterocycles. The van der Waals surface area contributed by atoms with Crippen molar-refractivity contribution in [2.24, 2.45) is 0 Å². The van der Waals surface area contributed by atoms with Gasteiger partial charge in [-0.3, -0.25) is 0 Å². The fourth-order valence-corrected chi connectivity index (χ4v) is 1.57. The number of hydrogen-bond acceptors (Lipinski definition) is 3. The lowest BCUT2D eigenvalue weighted by atomic mass is 10.1. The molecule has 0 aliphatic heterocycles. The summed E-state index contributed by atoms with van der Waals surface area (Å²) in [5, 5.41) is 9.43. The van der Waals surface area contributed by atoms with E-state index in [2.05, 4.69) is 0 Å². The van der Waals surface area contributed by atoms with Gasteiger partial charge in [0.2, 0.25) is 0 Å². The van der Waals surface area contributed by atoms with Crippen LogP contribution < -0.4 is 9.47 Å². The Balaban J connectivity index is 3.05. The van der Waals surface area contributed by atoms with E-state index in [4.69, 9.17) is 9.47 Å². The molecule has 1 rings (SSSR count). The maximum absolute atomic E-state index is 12.7. The van der Waals surface area contributed by atoms with Gasteiger partial charge < -0.3 is 14.6 Å². The molecule has 0 aliphatic rings. The van der Waals surface area contributed by atoms with Gasteiger partial charge in [0.25, 0.3) is 0 Å². The molecule has 1 N–H and O–H groups in total. The summed E-state index contributed by atoms with van der Waals surface area (Å²) in [4.78, 5) is 0. The Morgan fingerprint density at radius 2 is 1.70 bits per heavy atom. The first kappa shape index (κ1) is 16.6. The van der Waals surface area contributed by atoms with Gasteiger partial charge in [0.1, 0.15) is 11.5 Å². The van der Waals surface area contributed by atoms with E-state index in [0.29, 0.717) is 13.0 Å². The fraction of sp³-hybridized carbons (Fsp3) is 0.571. The predicted octanol–water partition coefficient (Wildman–Crippen LogP) is 3.86. The highest BCUT2D eigenvalue weighted by atomic mass is 19.4. The van der Waals surface area contributed by atoms with E-state index in [1.54, 1.807) is 0 Å². The average molecular weight is 292 g/mol. The minimum Gasteiger partial charge on any atom is -0.494 e. The molecule has 1 unspecified atom stereocenters. The van der Waals surface area contributed by atoms with Crippen LogP contribution in [0, 0.1) is 0 Å². The standard InChI is InChI=1S/C14H19F3O3/c1-3-7-19-10-5-6-12(20-8-4-2)11(9-10)13(18)14(15,16)17/h5-6,9,13,18H,3-4,7-8H2,1-2H3. The number of aliphatic hydroxyl groups excluding tert-OH is 1. The molecule has 1 aromatic carbocycles. The van der Waals surface area contributed by atoms with Gasteiger partial charge in [0, 0.05) is 5.56 Å². The SMILES string of the molecule is CCCOc1ccc(OCCC)c(C(O)C(F)(F)F)c1. The maximum Gasteiger partial charge on any atom is 0.418 e. The van der Waals surface area contributed by atoms with Crippen LogP contribution in [0.4, 0.5) is 13.2 Å². The number of rotatable bonds is 7. The van der Waals surface area contributed by atoms with Crippen molar-refractivity contribution in [3.63, 3.8) is 0 Å². The molecule has 1 atom stereocenters. The van der Waals surface area contributed by atoms with Crippen molar-refractivity contribution in [3.05, 3.63) is 23.8 Å². The number of ether oxygens (including phenoxy) is 2. The van der Waals surface area contributed by atoms with Crippen LogP contribution in [0.3, 0.4) is 0 Å². The number of aliphatic hydroxyl groups is 1. The van der Waals surface area contributed by atoms with Crippen molar-refractivity contribution in [2.75, 3.05) is 13.2 Å². The molecule has 114 valence electrons. The van der Waals surface area contributed by atoms with Crippen molar-refractivity contribution < 1.29 is 27.8 Å². The summed E-state index contributed by atoms with van der Waals surface area (Å²) in [6.45, 7) is 4.42. The zero-order chi connectivity index (χ0) is 15.2. The normalized spacial score (nSPS) is 13.1. The smallest absolute Gasteiger partial charge is 0.418 e. The Morgan fingerprint density at radius 3 is 2.25 bits per heavy atom. The maximum atomic E-state index is 12.7. The predicted molar refractivity (Wildman–Crippen MR) is 69.0 cm³/mol. The molecule has 3 nitrogen and oxygen atoms in total. The van der Waals surface area contributed by atoms with Crippen molar-refractivity contribution in [3.8, 4) is 11.5 Å². The van der Waals surface area contributed by atoms with Crippen molar-refractivity contribution in [1.29, 1.82) is 0 Å². The highest BCUT2D eigenvalue weighted by Gasteiger charge is 2.41. The Bertz CT molecular complexity index is 419. The minimum absolute atomic E-state index is 0.0283. The van der Waals surface area contributed by atoms with E-state index in [-0.39, 0.29) is 23.7 Å². The van der Waals surface area contributed by atoms with Crippen LogP contribution in [0.15, 0.2) is 18.2 Å². The molecule has 1 aromatic rings. The lowest BCUT2D eigenvalue weighted by Crippen LogP contribution is -2.21. The lowest BCUT2D eigenvalue weighted by Gasteiger charge is -2.19. The van der Waals surface area contributed by atoms with Crippen molar-refractivity contribution in [1.82, 2.24) is 0 Å². The van der Waals surface area contributed by atoms with Crippen molar-refractivity contribution >= 4 is 0 Å². The Labute approximate surface area is 116 Å². The molecule has 0 saturated carbocycles. The summed E-state index contributed by atoms with van der Waals surface area (Å²) in [7, 11) is 0. The number of hydrogen-bond donors (Lipinski definition) is 1. The summed E-state index contributed by atoms with van der Waals surface area (Å²) in [5.74, 6) is 0.314. The van der Waals surface area contributed by atoms with E-state index >= 15 is 0 Å². The average Bonchev–Trinajstić information content (AvgIpc) is 2.41. The second-order valence-corrected chi connectivity index (χ2v) is 4.34. The fourth-order valence-electron chi connectivity index (χ4n) is 1.57. The minimum atomic E-state index is -4.74. The molecule has 0 fully saturated rings. The summed E-state index contributed by atoms with van der Waals surface area (Å²) >= 11 is 0. The van der Waals surface area contributed by atoms with Crippen LogP contribution >= 0.6 is 0 Å². The molecule has 0 aliphatic carbocycles. The van der Waals surface area contributed by atoms with Gasteiger partial charge in [-0.2, -0.15) is 13.2 Å². The molecule has 0 radical (unpaired) electrons. The van der Waals surface area contributed by atoms with E-state index in [9.17, 15) is 18.3 Å². The van der Waals surface area contributed by atoms with E-state index < -0.39 is 12.3 Å². The summed E-state index contributed by atoms with van der Waals surface area (Å²) in [6.07, 6.45) is -5.92. The quantitative estimate of drug-likeness (QED) is 0.829. The van der Waals surface area contributed by atoms with Gasteiger partial charge in [-0.15, -0.1) is 0 Å². The van der Waals surface area contributed by atoms with Crippen LogP contribution in [-0.2, 0) is 0 Å². The van der Waals surface area contributed by atoms with Crippen LogP contribution in [-0.4, -0.2) is 24.5 Å². The van der Waals surface area contributed by atoms with E-state index in [1.807, 2.05) is 13.8 Å². The Morgan fingerprint density at radius 1 is 1.10 bits per heavy atom. The lowest BCUT2D eigenvalue weighted by molar-refractivity contribution is -0.207. The summed E-state index contributed by atoms with van der Waals surface area (Å²) in [6, 6.07) is 4.11. The second-order valence-electron chi connectivity index (χ2n) is 4.34. The topological polar surface area (TPSA) is 38.7 Å². The monoisotopic (exact) mass is 292 g/mol. The first-order valence-electron chi connectivity index (χ1n) is 6.54. The zero-order valence-electron chi connectivity index (χ0n) is 11.5. The molecular formula is C14H19F3O3. The Kier molecular flexibility index (Phi) is 6.13. The molecule has 0 saturated heterocycles. The van der Waals surface area contributed by atoms with Crippen LogP contribution in [0.5, 0.6) is 11.5 Å². The Hall–Kier alpha value is -1.43. The third kappa shape index (κ3) is 4.59. The molecule has 0 spiro atoms. The van der Waals surface area contributed by atoms with Gasteiger partial charge in [0.15, 0.2) is 6.10 Å². The summed E-state index contributed by atoms with van der Waals surface area (Å²) in [5.41, 5.74) is -0.320. The summed E-state index contributed by atoms with van der Waals surface area (Å²) < 4.78 is 48.6. The first-order valence-corrected chi connectivity index (χ1v) is 6.54.